The second-order valence-electron chi connectivity index (χ2n) is 2.91. The molecule has 1 aromatic rings. The van der Waals surface area contributed by atoms with Gasteiger partial charge in [-0.2, -0.15) is 0 Å². The maximum atomic E-state index is 5.97. The molecule has 0 saturated carbocycles. The number of nitrogens with one attached hydrogen (secondary N) is 2. The molecule has 1 aliphatic heterocycles. The number of anilines is 1. The summed E-state index contributed by atoms with van der Waals surface area (Å²) in [7, 11) is 0. The van der Waals surface area contributed by atoms with Crippen LogP contribution in [0.2, 0.25) is 10.0 Å². The summed E-state index contributed by atoms with van der Waals surface area (Å²) in [6.07, 6.45) is 0. The fourth-order valence-corrected chi connectivity index (χ4v) is 1.54. The average Bonchev–Trinajstić information content (AvgIpc) is 2.64. The van der Waals surface area contributed by atoms with Crippen LogP contribution in [0.5, 0.6) is 0 Å². The Hall–Kier alpha value is -0.640. The predicted octanol–water partition coefficient (Wildman–Crippen LogP) is 2.79. The van der Waals surface area contributed by atoms with E-state index in [2.05, 4.69) is 15.6 Å². The van der Waals surface area contributed by atoms with Crippen molar-refractivity contribution < 1.29 is 0 Å². The molecule has 1 heterocycles. The van der Waals surface area contributed by atoms with Crippen LogP contribution >= 0.6 is 35.6 Å². The number of hydrogen-bond acceptors (Lipinski definition) is 3. The van der Waals surface area contributed by atoms with Crippen molar-refractivity contribution in [2.24, 2.45) is 4.99 Å². The number of nitrogens with zero attached hydrogens (tertiary/aromatic N) is 1. The van der Waals surface area contributed by atoms with Crippen LogP contribution < -0.4 is 10.6 Å². The summed E-state index contributed by atoms with van der Waals surface area (Å²) < 4.78 is 0. The molecule has 2 rings (SSSR count). The van der Waals surface area contributed by atoms with E-state index in [1.165, 1.54) is 0 Å². The molecule has 0 radical (unpaired) electrons. The van der Waals surface area contributed by atoms with Crippen LogP contribution in [0, 0.1) is 0 Å². The molecule has 0 aromatic heterocycles. The number of hydrogen-bond donors (Lipinski definition) is 2. The molecule has 0 amide bonds. The standard InChI is InChI=1S/C9H9Cl2N3.ClH/c10-6-1-2-7(11)8(5-6)14-9-12-3-4-13-9;/h1-2,5H,3-4H2,(H2,12,13,14);1H. The van der Waals surface area contributed by atoms with E-state index < -0.39 is 0 Å². The minimum Gasteiger partial charge on any atom is -0.354 e. The van der Waals surface area contributed by atoms with Crippen LogP contribution in [0.25, 0.3) is 0 Å². The summed E-state index contributed by atoms with van der Waals surface area (Å²) in [6, 6.07) is 5.27. The molecule has 1 aliphatic rings. The topological polar surface area (TPSA) is 36.4 Å². The molecule has 0 unspecified atom stereocenters. The molecule has 6 heteroatoms. The fraction of sp³-hybridized carbons (Fsp3) is 0.222. The summed E-state index contributed by atoms with van der Waals surface area (Å²) in [5, 5.41) is 7.44. The third kappa shape index (κ3) is 3.16. The maximum Gasteiger partial charge on any atom is 0.195 e. The highest BCUT2D eigenvalue weighted by Crippen LogP contribution is 2.25. The Morgan fingerprint density at radius 2 is 2.13 bits per heavy atom. The highest BCUT2D eigenvalue weighted by atomic mass is 35.5. The highest BCUT2D eigenvalue weighted by molar-refractivity contribution is 6.35. The molecule has 2 N–H and O–H groups in total. The Bertz CT molecular complexity index is 379. The van der Waals surface area contributed by atoms with Crippen LogP contribution in [0.1, 0.15) is 0 Å². The van der Waals surface area contributed by atoms with E-state index in [0.29, 0.717) is 10.0 Å². The molecule has 0 saturated heterocycles. The van der Waals surface area contributed by atoms with Gasteiger partial charge in [-0.3, -0.25) is 4.99 Å². The molecule has 1 aromatic carbocycles. The molecule has 0 aliphatic carbocycles. The van der Waals surface area contributed by atoms with Crippen molar-refractivity contribution in [3.63, 3.8) is 0 Å². The summed E-state index contributed by atoms with van der Waals surface area (Å²) in [5.74, 6) is 0.745. The van der Waals surface area contributed by atoms with Crippen LogP contribution in [-0.2, 0) is 0 Å². The average molecular weight is 267 g/mol. The van der Waals surface area contributed by atoms with Crippen molar-refractivity contribution in [2.75, 3.05) is 18.4 Å². The van der Waals surface area contributed by atoms with Gasteiger partial charge >= 0.3 is 0 Å². The van der Waals surface area contributed by atoms with E-state index in [9.17, 15) is 0 Å². The Morgan fingerprint density at radius 3 is 2.80 bits per heavy atom. The van der Waals surface area contributed by atoms with E-state index in [1.807, 2.05) is 0 Å². The molecule has 0 atom stereocenters. The first-order valence-corrected chi connectivity index (χ1v) is 5.02. The smallest absolute Gasteiger partial charge is 0.195 e. The summed E-state index contributed by atoms with van der Waals surface area (Å²) in [6.45, 7) is 1.65. The second kappa shape index (κ2) is 5.45. The van der Waals surface area contributed by atoms with Crippen molar-refractivity contribution in [3.8, 4) is 0 Å². The van der Waals surface area contributed by atoms with Gasteiger partial charge in [-0.25, -0.2) is 0 Å². The Balaban J connectivity index is 0.00000112. The van der Waals surface area contributed by atoms with E-state index in [0.717, 1.165) is 24.7 Å². The van der Waals surface area contributed by atoms with Gasteiger partial charge in [0.05, 0.1) is 17.3 Å². The first kappa shape index (κ1) is 12.4. The Kier molecular flexibility index (Phi) is 4.51. The van der Waals surface area contributed by atoms with Crippen LogP contribution in [0.15, 0.2) is 23.2 Å². The molecule has 0 bridgehead atoms. The van der Waals surface area contributed by atoms with Gasteiger partial charge in [0, 0.05) is 11.6 Å². The van der Waals surface area contributed by atoms with Gasteiger partial charge in [-0.1, -0.05) is 23.2 Å². The predicted molar refractivity (Wildman–Crippen MR) is 67.6 cm³/mol. The molecule has 0 spiro atoms. The number of guanidine groups is 1. The zero-order chi connectivity index (χ0) is 9.97. The number of rotatable bonds is 1. The van der Waals surface area contributed by atoms with Crippen LogP contribution in [-0.4, -0.2) is 19.0 Å². The Labute approximate surface area is 104 Å². The molecular formula is C9H10Cl3N3. The van der Waals surface area contributed by atoms with Gasteiger partial charge in [0.15, 0.2) is 5.96 Å². The lowest BCUT2D eigenvalue weighted by molar-refractivity contribution is 0.959. The SMILES string of the molecule is Cl.Clc1ccc(Cl)c(NC2=NCCN2)c1. The lowest BCUT2D eigenvalue weighted by Crippen LogP contribution is -2.26. The van der Waals surface area contributed by atoms with Crippen molar-refractivity contribution in [3.05, 3.63) is 28.2 Å². The van der Waals surface area contributed by atoms with Crippen molar-refractivity contribution in [1.29, 1.82) is 0 Å². The van der Waals surface area contributed by atoms with Gasteiger partial charge in [-0.15, -0.1) is 12.4 Å². The van der Waals surface area contributed by atoms with Gasteiger partial charge in [-0.05, 0) is 18.2 Å². The molecular weight excluding hydrogens is 256 g/mol. The molecule has 82 valence electrons. The van der Waals surface area contributed by atoms with E-state index in [1.54, 1.807) is 18.2 Å². The number of halogens is 3. The van der Waals surface area contributed by atoms with Gasteiger partial charge in [0.2, 0.25) is 0 Å². The van der Waals surface area contributed by atoms with Crippen LogP contribution in [0.4, 0.5) is 5.69 Å². The normalized spacial score (nSPS) is 13.9. The number of aliphatic imine (C=N–C) groups is 1. The fourth-order valence-electron chi connectivity index (χ4n) is 1.20. The zero-order valence-electron chi connectivity index (χ0n) is 7.76. The van der Waals surface area contributed by atoms with E-state index in [4.69, 9.17) is 23.2 Å². The molecule has 15 heavy (non-hydrogen) atoms. The van der Waals surface area contributed by atoms with Crippen molar-refractivity contribution in [2.45, 2.75) is 0 Å². The third-order valence-electron chi connectivity index (χ3n) is 1.86. The lowest BCUT2D eigenvalue weighted by Gasteiger charge is -2.08. The first-order valence-electron chi connectivity index (χ1n) is 4.26. The number of benzene rings is 1. The molecule has 0 fully saturated rings. The van der Waals surface area contributed by atoms with Gasteiger partial charge in [0.25, 0.3) is 0 Å². The van der Waals surface area contributed by atoms with E-state index >= 15 is 0 Å². The van der Waals surface area contributed by atoms with Crippen LogP contribution in [0.3, 0.4) is 0 Å². The zero-order valence-corrected chi connectivity index (χ0v) is 10.1. The second-order valence-corrected chi connectivity index (χ2v) is 3.75. The minimum atomic E-state index is 0. The van der Waals surface area contributed by atoms with E-state index in [-0.39, 0.29) is 12.4 Å². The lowest BCUT2D eigenvalue weighted by atomic mass is 10.3. The summed E-state index contributed by atoms with van der Waals surface area (Å²) in [5.41, 5.74) is 0.771. The third-order valence-corrected chi connectivity index (χ3v) is 2.42. The highest BCUT2D eigenvalue weighted by Gasteiger charge is 2.07. The van der Waals surface area contributed by atoms with Crippen molar-refractivity contribution in [1.82, 2.24) is 5.32 Å². The van der Waals surface area contributed by atoms with Crippen molar-refractivity contribution >= 4 is 47.3 Å². The summed E-state index contributed by atoms with van der Waals surface area (Å²) >= 11 is 11.8. The quantitative estimate of drug-likeness (QED) is 0.820. The Morgan fingerprint density at radius 1 is 1.33 bits per heavy atom. The minimum absolute atomic E-state index is 0. The maximum absolute atomic E-state index is 5.97. The monoisotopic (exact) mass is 265 g/mol. The first-order chi connectivity index (χ1) is 6.75. The molecule has 3 nitrogen and oxygen atoms in total. The summed E-state index contributed by atoms with van der Waals surface area (Å²) in [4.78, 5) is 4.19. The van der Waals surface area contributed by atoms with Gasteiger partial charge in [0.1, 0.15) is 0 Å². The largest absolute Gasteiger partial charge is 0.354 e. The van der Waals surface area contributed by atoms with Gasteiger partial charge < -0.3 is 10.6 Å².